The number of nitrogens with zero attached hydrogens (tertiary/aromatic N) is 3. The van der Waals surface area contributed by atoms with Gasteiger partial charge in [0.2, 0.25) is 0 Å². The number of fused-ring (bicyclic) bond motifs is 1. The highest BCUT2D eigenvalue weighted by atomic mass is 16.3. The lowest BCUT2D eigenvalue weighted by Gasteiger charge is -2.38. The number of aromatic nitrogens is 3. The van der Waals surface area contributed by atoms with Crippen molar-refractivity contribution in [3.8, 4) is 0 Å². The number of hydrogen-bond acceptors (Lipinski definition) is 4. The molecule has 0 radical (unpaired) electrons. The van der Waals surface area contributed by atoms with Gasteiger partial charge in [0.15, 0.2) is 0 Å². The second-order valence-electron chi connectivity index (χ2n) is 6.18. The van der Waals surface area contributed by atoms with Crippen LogP contribution in [0.1, 0.15) is 52.2 Å². The van der Waals surface area contributed by atoms with Crippen LogP contribution in [-0.2, 0) is 19.5 Å². The van der Waals surface area contributed by atoms with Crippen molar-refractivity contribution in [3.63, 3.8) is 0 Å². The molecule has 0 saturated heterocycles. The largest absolute Gasteiger partial charge is 0.389 e. The average Bonchev–Trinajstić information content (AvgIpc) is 2.68. The van der Waals surface area contributed by atoms with Crippen molar-refractivity contribution >= 4 is 0 Å². The minimum absolute atomic E-state index is 0.367. The maximum Gasteiger partial charge on any atom is 0.147 e. The molecule has 0 saturated carbocycles. The molecular weight excluding hydrogens is 228 g/mol. The molecule has 0 amide bonds. The monoisotopic (exact) mass is 252 g/mol. The van der Waals surface area contributed by atoms with Crippen molar-refractivity contribution in [1.29, 1.82) is 0 Å². The molecule has 0 spiro atoms. The van der Waals surface area contributed by atoms with E-state index in [9.17, 15) is 5.11 Å². The van der Waals surface area contributed by atoms with Crippen LogP contribution in [0.3, 0.4) is 0 Å². The van der Waals surface area contributed by atoms with Crippen LogP contribution >= 0.6 is 0 Å². The lowest BCUT2D eigenvalue weighted by molar-refractivity contribution is -0.00575. The lowest BCUT2D eigenvalue weighted by atomic mass is 9.86. The summed E-state index contributed by atoms with van der Waals surface area (Å²) in [4.78, 5) is 0. The predicted octanol–water partition coefficient (Wildman–Crippen LogP) is 1.25. The molecule has 1 aromatic heterocycles. The summed E-state index contributed by atoms with van der Waals surface area (Å²) >= 11 is 0. The third kappa shape index (κ3) is 2.57. The van der Waals surface area contributed by atoms with Gasteiger partial charge in [-0.25, -0.2) is 0 Å². The topological polar surface area (TPSA) is 63.0 Å². The fourth-order valence-corrected chi connectivity index (χ4v) is 2.02. The summed E-state index contributed by atoms with van der Waals surface area (Å²) in [6.45, 7) is 9.30. The smallest absolute Gasteiger partial charge is 0.147 e. The van der Waals surface area contributed by atoms with Crippen LogP contribution in [0, 0.1) is 0 Å². The minimum atomic E-state index is -0.780. The van der Waals surface area contributed by atoms with E-state index in [1.165, 1.54) is 12.8 Å². The average molecular weight is 252 g/mol. The third-order valence-corrected chi connectivity index (χ3v) is 4.15. The van der Waals surface area contributed by atoms with Gasteiger partial charge in [-0.3, -0.25) is 0 Å². The Bertz CT molecular complexity index is 417. The highest BCUT2D eigenvalue weighted by Gasteiger charge is 2.34. The first kappa shape index (κ1) is 13.5. The van der Waals surface area contributed by atoms with Crippen LogP contribution in [0.15, 0.2) is 0 Å². The normalized spacial score (nSPS) is 16.7. The number of rotatable bonds is 4. The molecule has 2 N–H and O–H groups in total. The zero-order chi connectivity index (χ0) is 13.4. The van der Waals surface area contributed by atoms with Crippen LogP contribution in [0.4, 0.5) is 0 Å². The number of aryl methyl sites for hydroxylation is 1. The number of nitrogens with one attached hydrogen (secondary N) is 1. The molecule has 0 fully saturated rings. The number of aliphatic hydroxyl groups is 1. The van der Waals surface area contributed by atoms with E-state index in [0.29, 0.717) is 6.54 Å². The molecule has 5 nitrogen and oxygen atoms in total. The van der Waals surface area contributed by atoms with Crippen LogP contribution in [0.2, 0.25) is 0 Å². The van der Waals surface area contributed by atoms with Crippen LogP contribution < -0.4 is 5.32 Å². The molecule has 1 aliphatic rings. The molecule has 5 heteroatoms. The van der Waals surface area contributed by atoms with Crippen molar-refractivity contribution < 1.29 is 5.11 Å². The van der Waals surface area contributed by atoms with E-state index in [-0.39, 0.29) is 5.54 Å². The zero-order valence-electron chi connectivity index (χ0n) is 11.8. The standard InChI is InChI=1S/C13H24N4O/c1-12(2,13(3,4)18)14-9-11-16-15-10-7-5-6-8-17(10)11/h14,18H,5-9H2,1-4H3. The van der Waals surface area contributed by atoms with Crippen LogP contribution in [0.25, 0.3) is 0 Å². The number of hydrogen-bond donors (Lipinski definition) is 2. The maximum absolute atomic E-state index is 10.1. The maximum atomic E-state index is 10.1. The van der Waals surface area contributed by atoms with Crippen molar-refractivity contribution in [2.75, 3.05) is 0 Å². The highest BCUT2D eigenvalue weighted by Crippen LogP contribution is 2.21. The van der Waals surface area contributed by atoms with E-state index in [4.69, 9.17) is 0 Å². The Labute approximate surface area is 109 Å². The Morgan fingerprint density at radius 2 is 1.94 bits per heavy atom. The summed E-state index contributed by atoms with van der Waals surface area (Å²) < 4.78 is 2.21. The van der Waals surface area contributed by atoms with Gasteiger partial charge in [-0.1, -0.05) is 0 Å². The highest BCUT2D eigenvalue weighted by molar-refractivity contribution is 5.01. The molecule has 18 heavy (non-hydrogen) atoms. The van der Waals surface area contributed by atoms with Gasteiger partial charge in [-0.05, 0) is 40.5 Å². The molecule has 0 unspecified atom stereocenters. The second-order valence-corrected chi connectivity index (χ2v) is 6.18. The predicted molar refractivity (Wildman–Crippen MR) is 70.2 cm³/mol. The van der Waals surface area contributed by atoms with Crippen LogP contribution in [-0.4, -0.2) is 31.0 Å². The lowest BCUT2D eigenvalue weighted by Crippen LogP contribution is -2.55. The quantitative estimate of drug-likeness (QED) is 0.846. The summed E-state index contributed by atoms with van der Waals surface area (Å²) in [5.41, 5.74) is -1.15. The van der Waals surface area contributed by atoms with Crippen molar-refractivity contribution in [1.82, 2.24) is 20.1 Å². The zero-order valence-corrected chi connectivity index (χ0v) is 11.8. The van der Waals surface area contributed by atoms with Gasteiger partial charge in [0.25, 0.3) is 0 Å². The van der Waals surface area contributed by atoms with Gasteiger partial charge in [0.05, 0.1) is 12.1 Å². The molecule has 1 aliphatic heterocycles. The van der Waals surface area contributed by atoms with Gasteiger partial charge in [0.1, 0.15) is 11.6 Å². The summed E-state index contributed by atoms with van der Waals surface area (Å²) in [6.07, 6.45) is 3.44. The third-order valence-electron chi connectivity index (χ3n) is 4.15. The fraction of sp³-hybridized carbons (Fsp3) is 0.846. The second kappa shape index (κ2) is 4.63. The van der Waals surface area contributed by atoms with Crippen molar-refractivity contribution in [2.24, 2.45) is 0 Å². The molecule has 1 aromatic rings. The van der Waals surface area contributed by atoms with E-state index in [1.807, 2.05) is 27.7 Å². The summed E-state index contributed by atoms with van der Waals surface area (Å²) in [5, 5.41) is 22.0. The molecule has 2 rings (SSSR count). The molecule has 0 bridgehead atoms. The summed E-state index contributed by atoms with van der Waals surface area (Å²) in [7, 11) is 0. The minimum Gasteiger partial charge on any atom is -0.389 e. The fourth-order valence-electron chi connectivity index (χ4n) is 2.02. The van der Waals surface area contributed by atoms with E-state index in [2.05, 4.69) is 20.1 Å². The Morgan fingerprint density at radius 3 is 2.61 bits per heavy atom. The van der Waals surface area contributed by atoms with Gasteiger partial charge >= 0.3 is 0 Å². The van der Waals surface area contributed by atoms with E-state index in [0.717, 1.165) is 24.6 Å². The first-order valence-corrected chi connectivity index (χ1v) is 6.69. The summed E-state index contributed by atoms with van der Waals surface area (Å²) in [5.74, 6) is 2.07. The Kier molecular flexibility index (Phi) is 3.47. The first-order chi connectivity index (χ1) is 8.31. The molecule has 0 aromatic carbocycles. The Hall–Kier alpha value is -0.940. The summed E-state index contributed by atoms with van der Waals surface area (Å²) in [6, 6.07) is 0. The Morgan fingerprint density at radius 1 is 1.22 bits per heavy atom. The van der Waals surface area contributed by atoms with Crippen LogP contribution in [0.5, 0.6) is 0 Å². The van der Waals surface area contributed by atoms with Gasteiger partial charge in [-0.15, -0.1) is 10.2 Å². The Balaban J connectivity index is 2.05. The van der Waals surface area contributed by atoms with Crippen molar-refractivity contribution in [3.05, 3.63) is 11.6 Å². The molecule has 2 heterocycles. The van der Waals surface area contributed by atoms with E-state index in [1.54, 1.807) is 0 Å². The molecule has 0 atom stereocenters. The molecule has 0 aliphatic carbocycles. The van der Waals surface area contributed by atoms with Crippen molar-refractivity contribution in [2.45, 2.75) is 71.2 Å². The van der Waals surface area contributed by atoms with Gasteiger partial charge in [0, 0.05) is 18.5 Å². The van der Waals surface area contributed by atoms with E-state index >= 15 is 0 Å². The van der Waals surface area contributed by atoms with Gasteiger partial charge < -0.3 is 15.0 Å². The molecular formula is C13H24N4O. The van der Waals surface area contributed by atoms with Gasteiger partial charge in [-0.2, -0.15) is 0 Å². The van der Waals surface area contributed by atoms with E-state index < -0.39 is 5.60 Å². The SMILES string of the molecule is CC(C)(O)C(C)(C)NCc1nnc2n1CCCC2. The molecule has 102 valence electrons. The first-order valence-electron chi connectivity index (χ1n) is 6.69.